The van der Waals surface area contributed by atoms with E-state index in [1.165, 1.54) is 16.9 Å². The van der Waals surface area contributed by atoms with Crippen LogP contribution in [-0.4, -0.2) is 34.5 Å². The molecule has 0 bridgehead atoms. The lowest BCUT2D eigenvalue weighted by atomic mass is 10.1. The topological polar surface area (TPSA) is 58.1 Å². The maximum Gasteiger partial charge on any atom is 0.239 e. The van der Waals surface area contributed by atoms with Gasteiger partial charge in [-0.25, -0.2) is 9.97 Å². The molecule has 0 saturated heterocycles. The quantitative estimate of drug-likeness (QED) is 0.935. The number of carbonyl (C=O) groups excluding carboxylic acids is 1. The lowest BCUT2D eigenvalue weighted by Crippen LogP contribution is -2.46. The summed E-state index contributed by atoms with van der Waals surface area (Å²) in [7, 11) is 0. The monoisotopic (exact) mass is 332 g/mol. The number of thiophene rings is 1. The van der Waals surface area contributed by atoms with E-state index in [0.717, 1.165) is 35.4 Å². The molecule has 23 heavy (non-hydrogen) atoms. The summed E-state index contributed by atoms with van der Waals surface area (Å²) in [6, 6.07) is 0. The van der Waals surface area contributed by atoms with Crippen molar-refractivity contribution in [2.75, 3.05) is 18.0 Å². The van der Waals surface area contributed by atoms with Crippen molar-refractivity contribution in [3.05, 3.63) is 16.8 Å². The minimum Gasteiger partial charge on any atom is -0.350 e. The summed E-state index contributed by atoms with van der Waals surface area (Å²) in [4.78, 5) is 25.8. The predicted molar refractivity (Wildman–Crippen MR) is 95.2 cm³/mol. The van der Waals surface area contributed by atoms with Crippen LogP contribution in [0.15, 0.2) is 6.33 Å². The van der Waals surface area contributed by atoms with Gasteiger partial charge in [0, 0.05) is 17.0 Å². The van der Waals surface area contributed by atoms with Gasteiger partial charge in [-0.3, -0.25) is 4.79 Å². The molecule has 1 amide bonds. The second kappa shape index (κ2) is 6.07. The number of nitrogens with one attached hydrogen (secondary N) is 1. The molecule has 0 atom stereocenters. The molecule has 5 nitrogen and oxygen atoms in total. The Balaban J connectivity index is 1.92. The predicted octanol–water partition coefficient (Wildman–Crippen LogP) is 2.92. The molecule has 0 aliphatic heterocycles. The Morgan fingerprint density at radius 3 is 2.83 bits per heavy atom. The molecular weight excluding hydrogens is 308 g/mol. The van der Waals surface area contributed by atoms with Crippen molar-refractivity contribution in [1.82, 2.24) is 15.3 Å². The fraction of sp³-hybridized carbons (Fsp3) is 0.588. The molecule has 6 heteroatoms. The molecule has 0 saturated carbocycles. The molecule has 2 aromatic heterocycles. The first kappa shape index (κ1) is 16.2. The van der Waals surface area contributed by atoms with E-state index < -0.39 is 0 Å². The molecule has 0 unspecified atom stereocenters. The molecule has 1 N–H and O–H groups in total. The van der Waals surface area contributed by atoms with Crippen LogP contribution in [0.2, 0.25) is 0 Å². The molecule has 0 spiro atoms. The largest absolute Gasteiger partial charge is 0.350 e. The molecule has 3 rings (SSSR count). The molecule has 1 aliphatic carbocycles. The Kier molecular flexibility index (Phi) is 4.27. The maximum atomic E-state index is 12.3. The summed E-state index contributed by atoms with van der Waals surface area (Å²) < 4.78 is 0. The zero-order chi connectivity index (χ0) is 16.6. The van der Waals surface area contributed by atoms with Crippen LogP contribution in [0, 0.1) is 0 Å². The lowest BCUT2D eigenvalue weighted by Gasteiger charge is -2.26. The standard InChI is InChI=1S/C17H24N4OS/c1-5-21(9-13(22)20-17(2,3)4)15-14-11-7-6-8-12(11)23-16(14)19-10-18-15/h10H,5-9H2,1-4H3,(H,20,22). The average molecular weight is 332 g/mol. The Bertz CT molecular complexity index is 732. The first-order chi connectivity index (χ1) is 10.9. The van der Waals surface area contributed by atoms with E-state index in [9.17, 15) is 4.79 Å². The van der Waals surface area contributed by atoms with E-state index in [2.05, 4.69) is 27.1 Å². The molecule has 0 fully saturated rings. The number of rotatable bonds is 4. The normalized spacial score (nSPS) is 14.1. The van der Waals surface area contributed by atoms with Crippen molar-refractivity contribution in [3.63, 3.8) is 0 Å². The third-order valence-electron chi connectivity index (χ3n) is 4.01. The van der Waals surface area contributed by atoms with E-state index in [1.54, 1.807) is 17.7 Å². The number of aromatic nitrogens is 2. The highest BCUT2D eigenvalue weighted by atomic mass is 32.1. The summed E-state index contributed by atoms with van der Waals surface area (Å²) in [5.74, 6) is 0.930. The Labute approximate surface area is 141 Å². The third-order valence-corrected chi connectivity index (χ3v) is 5.21. The zero-order valence-corrected chi connectivity index (χ0v) is 15.1. The number of carbonyl (C=O) groups is 1. The van der Waals surface area contributed by atoms with E-state index in [4.69, 9.17) is 0 Å². The van der Waals surface area contributed by atoms with E-state index in [1.807, 2.05) is 20.8 Å². The third kappa shape index (κ3) is 3.32. The number of nitrogens with zero attached hydrogens (tertiary/aromatic N) is 3. The second-order valence-electron chi connectivity index (χ2n) is 7.05. The number of fused-ring (bicyclic) bond motifs is 3. The van der Waals surface area contributed by atoms with Crippen molar-refractivity contribution in [2.24, 2.45) is 0 Å². The molecule has 1 aliphatic rings. The number of aryl methyl sites for hydroxylation is 2. The Hall–Kier alpha value is -1.69. The van der Waals surface area contributed by atoms with Crippen LogP contribution in [0.1, 0.15) is 44.6 Å². The van der Waals surface area contributed by atoms with Crippen molar-refractivity contribution in [1.29, 1.82) is 0 Å². The minimum absolute atomic E-state index is 0.0259. The summed E-state index contributed by atoms with van der Waals surface area (Å²) in [5, 5.41) is 4.19. The van der Waals surface area contributed by atoms with Gasteiger partial charge in [0.2, 0.25) is 5.91 Å². The number of hydrogen-bond donors (Lipinski definition) is 1. The van der Waals surface area contributed by atoms with Crippen molar-refractivity contribution in [3.8, 4) is 0 Å². The molecule has 2 aromatic rings. The van der Waals surface area contributed by atoms with E-state index in [-0.39, 0.29) is 11.4 Å². The van der Waals surface area contributed by atoms with Crippen molar-refractivity contribution in [2.45, 2.75) is 52.5 Å². The fourth-order valence-electron chi connectivity index (χ4n) is 3.12. The number of likely N-dealkylation sites (N-methyl/N-ethyl adjacent to an activating group) is 1. The van der Waals surface area contributed by atoms with E-state index >= 15 is 0 Å². The fourth-order valence-corrected chi connectivity index (χ4v) is 4.34. The number of hydrogen-bond acceptors (Lipinski definition) is 5. The van der Waals surface area contributed by atoms with Gasteiger partial charge >= 0.3 is 0 Å². The van der Waals surface area contributed by atoms with Gasteiger partial charge in [0.15, 0.2) is 0 Å². The Morgan fingerprint density at radius 2 is 2.13 bits per heavy atom. The molecule has 0 aromatic carbocycles. The molecule has 2 heterocycles. The summed E-state index contributed by atoms with van der Waals surface area (Å²) in [6.45, 7) is 9.12. The van der Waals surface area contributed by atoms with Gasteiger partial charge in [0.1, 0.15) is 17.0 Å². The SMILES string of the molecule is CCN(CC(=O)NC(C)(C)C)c1ncnc2sc3c(c12)CCC3. The van der Waals surface area contributed by atoms with Gasteiger partial charge < -0.3 is 10.2 Å². The molecular formula is C17H24N4OS. The zero-order valence-electron chi connectivity index (χ0n) is 14.3. The Morgan fingerprint density at radius 1 is 1.35 bits per heavy atom. The van der Waals surface area contributed by atoms with Gasteiger partial charge in [-0.2, -0.15) is 0 Å². The van der Waals surface area contributed by atoms with Crippen LogP contribution in [0.4, 0.5) is 5.82 Å². The smallest absolute Gasteiger partial charge is 0.239 e. The van der Waals surface area contributed by atoms with Gasteiger partial charge in [-0.15, -0.1) is 11.3 Å². The second-order valence-corrected chi connectivity index (χ2v) is 8.13. The van der Waals surface area contributed by atoms with Crippen LogP contribution in [0.5, 0.6) is 0 Å². The summed E-state index contributed by atoms with van der Waals surface area (Å²) in [6.07, 6.45) is 5.07. The summed E-state index contributed by atoms with van der Waals surface area (Å²) >= 11 is 1.78. The number of amides is 1. The average Bonchev–Trinajstić information content (AvgIpc) is 3.02. The maximum absolute atomic E-state index is 12.3. The summed E-state index contributed by atoms with van der Waals surface area (Å²) in [5.41, 5.74) is 1.18. The van der Waals surface area contributed by atoms with Crippen LogP contribution < -0.4 is 10.2 Å². The first-order valence-corrected chi connectivity index (χ1v) is 9.02. The van der Waals surface area contributed by atoms with E-state index in [0.29, 0.717) is 6.54 Å². The van der Waals surface area contributed by atoms with Gasteiger partial charge in [-0.1, -0.05) is 0 Å². The van der Waals surface area contributed by atoms with Gasteiger partial charge in [0.25, 0.3) is 0 Å². The lowest BCUT2D eigenvalue weighted by molar-refractivity contribution is -0.121. The van der Waals surface area contributed by atoms with Crippen molar-refractivity contribution < 1.29 is 4.79 Å². The highest BCUT2D eigenvalue weighted by Gasteiger charge is 2.24. The molecule has 0 radical (unpaired) electrons. The number of anilines is 1. The minimum atomic E-state index is -0.221. The highest BCUT2D eigenvalue weighted by molar-refractivity contribution is 7.19. The highest BCUT2D eigenvalue weighted by Crippen LogP contribution is 2.39. The molecule has 124 valence electrons. The van der Waals surface area contributed by atoms with Crippen LogP contribution in [-0.2, 0) is 17.6 Å². The van der Waals surface area contributed by atoms with Gasteiger partial charge in [-0.05, 0) is 52.5 Å². The van der Waals surface area contributed by atoms with Gasteiger partial charge in [0.05, 0.1) is 11.9 Å². The van der Waals surface area contributed by atoms with Crippen LogP contribution >= 0.6 is 11.3 Å². The van der Waals surface area contributed by atoms with Crippen molar-refractivity contribution >= 4 is 33.3 Å². The first-order valence-electron chi connectivity index (χ1n) is 8.20. The van der Waals surface area contributed by atoms with Crippen LogP contribution in [0.25, 0.3) is 10.2 Å². The van der Waals surface area contributed by atoms with Crippen LogP contribution in [0.3, 0.4) is 0 Å².